The molecule has 0 aromatic rings. The van der Waals surface area contributed by atoms with Gasteiger partial charge in [-0.3, -0.25) is 4.99 Å². The predicted molar refractivity (Wildman–Crippen MR) is 35.9 cm³/mol. The first-order valence-corrected chi connectivity index (χ1v) is 2.85. The van der Waals surface area contributed by atoms with Gasteiger partial charge in [0, 0.05) is 6.21 Å². The van der Waals surface area contributed by atoms with Gasteiger partial charge in [-0.1, -0.05) is 0 Å². The Morgan fingerprint density at radius 3 is 2.64 bits per heavy atom. The van der Waals surface area contributed by atoms with E-state index in [9.17, 15) is 12.9 Å². The van der Waals surface area contributed by atoms with Crippen LogP contribution in [0.4, 0.5) is 12.9 Å². The minimum atomic E-state index is -5.20. The van der Waals surface area contributed by atoms with Gasteiger partial charge < -0.3 is 17.6 Å². The summed E-state index contributed by atoms with van der Waals surface area (Å²) in [6.07, 6.45) is 4.92. The van der Waals surface area contributed by atoms with Crippen LogP contribution in [0.1, 0.15) is 0 Å². The zero-order chi connectivity index (χ0) is 8.32. The van der Waals surface area contributed by atoms with Crippen molar-refractivity contribution in [3.8, 4) is 0 Å². The van der Waals surface area contributed by atoms with Gasteiger partial charge >= 0.3 is 7.18 Å². The standard InChI is InChI=1S/C5H4BF3NO/c7-6(8,9)11-4-5-2-1-3-10-5/h1-4H/q-1/b5-4-. The van der Waals surface area contributed by atoms with Gasteiger partial charge in [0.15, 0.2) is 0 Å². The normalized spacial score (nSPS) is 19.7. The number of aliphatic imine (C=N–C) groups is 1. The molecule has 0 bridgehead atoms. The van der Waals surface area contributed by atoms with E-state index in [4.69, 9.17) is 0 Å². The Morgan fingerprint density at radius 1 is 1.45 bits per heavy atom. The van der Waals surface area contributed by atoms with E-state index in [0.717, 1.165) is 0 Å². The molecule has 0 atom stereocenters. The molecule has 1 aliphatic heterocycles. The lowest BCUT2D eigenvalue weighted by molar-refractivity contribution is 0.256. The Morgan fingerprint density at radius 2 is 2.18 bits per heavy atom. The molecule has 6 heteroatoms. The highest BCUT2D eigenvalue weighted by molar-refractivity contribution is 6.51. The van der Waals surface area contributed by atoms with Crippen LogP contribution >= 0.6 is 0 Å². The van der Waals surface area contributed by atoms with Gasteiger partial charge in [0.05, 0.1) is 12.0 Å². The first kappa shape index (κ1) is 7.91. The van der Waals surface area contributed by atoms with E-state index in [2.05, 4.69) is 9.65 Å². The summed E-state index contributed by atoms with van der Waals surface area (Å²) in [7, 11) is -5.20. The SMILES string of the molecule is F[B-](F)(F)O/C=C1/C=CC=N1. The van der Waals surface area contributed by atoms with Gasteiger partial charge in [-0.25, -0.2) is 0 Å². The van der Waals surface area contributed by atoms with Crippen molar-refractivity contribution in [2.45, 2.75) is 0 Å². The molecular weight excluding hydrogens is 158 g/mol. The summed E-state index contributed by atoms with van der Waals surface area (Å²) in [6.45, 7) is 0. The molecule has 0 fully saturated rings. The highest BCUT2D eigenvalue weighted by atomic mass is 19.4. The van der Waals surface area contributed by atoms with Crippen molar-refractivity contribution in [3.05, 3.63) is 24.1 Å². The van der Waals surface area contributed by atoms with E-state index >= 15 is 0 Å². The van der Waals surface area contributed by atoms with Crippen LogP contribution in [0.2, 0.25) is 0 Å². The average Bonchev–Trinajstić information content (AvgIpc) is 2.32. The molecule has 2 nitrogen and oxygen atoms in total. The topological polar surface area (TPSA) is 21.6 Å². The molecule has 0 aromatic carbocycles. The van der Waals surface area contributed by atoms with E-state index in [1.165, 1.54) is 18.4 Å². The largest absolute Gasteiger partial charge is 0.699 e. The fraction of sp³-hybridized carbons (Fsp3) is 0. The highest BCUT2D eigenvalue weighted by Gasteiger charge is 2.26. The fourth-order valence-corrected chi connectivity index (χ4v) is 0.530. The van der Waals surface area contributed by atoms with Gasteiger partial charge in [0.2, 0.25) is 0 Å². The molecular formula is C5H4BF3NO-. The van der Waals surface area contributed by atoms with E-state index in [1.54, 1.807) is 0 Å². The summed E-state index contributed by atoms with van der Waals surface area (Å²) in [6, 6.07) is 0. The molecule has 0 aromatic heterocycles. The minimum Gasteiger partial charge on any atom is -0.639 e. The van der Waals surface area contributed by atoms with Crippen molar-refractivity contribution in [2.24, 2.45) is 4.99 Å². The molecule has 0 radical (unpaired) electrons. The first-order valence-electron chi connectivity index (χ1n) is 2.85. The molecule has 1 heterocycles. The second kappa shape index (κ2) is 2.81. The Bertz CT molecular complexity index is 216. The smallest absolute Gasteiger partial charge is 0.639 e. The highest BCUT2D eigenvalue weighted by Crippen LogP contribution is 2.13. The molecule has 0 aliphatic carbocycles. The van der Waals surface area contributed by atoms with Crippen molar-refractivity contribution in [2.75, 3.05) is 0 Å². The van der Waals surface area contributed by atoms with Crippen LogP contribution in [0.15, 0.2) is 29.1 Å². The lowest BCUT2D eigenvalue weighted by Gasteiger charge is -2.13. The molecule has 1 rings (SSSR count). The lowest BCUT2D eigenvalue weighted by Crippen LogP contribution is -2.17. The molecule has 0 N–H and O–H groups in total. The average molecular weight is 162 g/mol. The van der Waals surface area contributed by atoms with Crippen LogP contribution in [0.5, 0.6) is 0 Å². The summed E-state index contributed by atoms with van der Waals surface area (Å²) < 4.78 is 37.7. The van der Waals surface area contributed by atoms with Crippen LogP contribution in [0, 0.1) is 0 Å². The monoisotopic (exact) mass is 162 g/mol. The van der Waals surface area contributed by atoms with Crippen LogP contribution in [-0.4, -0.2) is 13.4 Å². The van der Waals surface area contributed by atoms with Crippen LogP contribution in [-0.2, 0) is 4.65 Å². The van der Waals surface area contributed by atoms with E-state index in [1.807, 2.05) is 0 Å². The molecule has 0 spiro atoms. The molecule has 1 aliphatic rings. The Labute approximate surface area is 61.2 Å². The summed E-state index contributed by atoms with van der Waals surface area (Å²) in [5.74, 6) is 0. The number of allylic oxidation sites excluding steroid dienone is 2. The third-order valence-electron chi connectivity index (χ3n) is 0.920. The van der Waals surface area contributed by atoms with Gasteiger partial charge in [0.25, 0.3) is 0 Å². The maximum absolute atomic E-state index is 11.4. The van der Waals surface area contributed by atoms with Crippen molar-refractivity contribution in [1.29, 1.82) is 0 Å². The number of hydrogen-bond donors (Lipinski definition) is 0. The Hall–Kier alpha value is -1.20. The molecule has 0 saturated carbocycles. The minimum absolute atomic E-state index is 0.171. The van der Waals surface area contributed by atoms with Gasteiger partial charge in [-0.05, 0) is 12.2 Å². The van der Waals surface area contributed by atoms with Crippen LogP contribution in [0.25, 0.3) is 0 Å². The molecule has 0 unspecified atom stereocenters. The van der Waals surface area contributed by atoms with E-state index in [-0.39, 0.29) is 5.70 Å². The first-order chi connectivity index (χ1) is 5.08. The summed E-state index contributed by atoms with van der Waals surface area (Å²) in [5, 5.41) is 0. The van der Waals surface area contributed by atoms with Gasteiger partial charge in [-0.2, -0.15) is 0 Å². The quantitative estimate of drug-likeness (QED) is 0.448. The number of nitrogens with zero attached hydrogens (tertiary/aromatic N) is 1. The van der Waals surface area contributed by atoms with Gasteiger partial charge in [-0.15, -0.1) is 0 Å². The van der Waals surface area contributed by atoms with Gasteiger partial charge in [0.1, 0.15) is 0 Å². The number of hydrogen-bond acceptors (Lipinski definition) is 2. The van der Waals surface area contributed by atoms with Crippen LogP contribution in [0.3, 0.4) is 0 Å². The molecule has 11 heavy (non-hydrogen) atoms. The second-order valence-corrected chi connectivity index (χ2v) is 1.83. The van der Waals surface area contributed by atoms with E-state index in [0.29, 0.717) is 6.26 Å². The number of halogens is 3. The third-order valence-corrected chi connectivity index (χ3v) is 0.920. The Balaban J connectivity index is 2.48. The van der Waals surface area contributed by atoms with E-state index < -0.39 is 7.18 Å². The van der Waals surface area contributed by atoms with Crippen molar-refractivity contribution in [1.82, 2.24) is 0 Å². The summed E-state index contributed by atoms with van der Waals surface area (Å²) in [5.41, 5.74) is 0.171. The second-order valence-electron chi connectivity index (χ2n) is 1.83. The zero-order valence-corrected chi connectivity index (χ0v) is 5.38. The summed E-state index contributed by atoms with van der Waals surface area (Å²) >= 11 is 0. The maximum atomic E-state index is 11.4. The third kappa shape index (κ3) is 2.93. The summed E-state index contributed by atoms with van der Waals surface area (Å²) in [4.78, 5) is 3.55. The maximum Gasteiger partial charge on any atom is 0.699 e. The van der Waals surface area contributed by atoms with Crippen molar-refractivity contribution < 1.29 is 17.6 Å². The Kier molecular flexibility index (Phi) is 2.02. The number of rotatable bonds is 2. The fourth-order valence-electron chi connectivity index (χ4n) is 0.530. The molecule has 60 valence electrons. The lowest BCUT2D eigenvalue weighted by atomic mass is 10.3. The molecule has 0 saturated heterocycles. The van der Waals surface area contributed by atoms with Crippen molar-refractivity contribution in [3.63, 3.8) is 0 Å². The van der Waals surface area contributed by atoms with Crippen molar-refractivity contribution >= 4 is 13.4 Å². The zero-order valence-electron chi connectivity index (χ0n) is 5.38. The predicted octanol–water partition coefficient (Wildman–Crippen LogP) is 1.83. The molecule has 0 amide bonds. The van der Waals surface area contributed by atoms with Crippen LogP contribution < -0.4 is 0 Å².